The summed E-state index contributed by atoms with van der Waals surface area (Å²) in [4.78, 5) is 4.66. The Balaban J connectivity index is 1.54. The van der Waals surface area contributed by atoms with Crippen LogP contribution in [0.1, 0.15) is 23.1 Å². The number of hydrogen-bond acceptors (Lipinski definition) is 3. The van der Waals surface area contributed by atoms with E-state index in [0.717, 1.165) is 51.4 Å². The van der Waals surface area contributed by atoms with E-state index in [1.54, 1.807) is 0 Å². The predicted molar refractivity (Wildman–Crippen MR) is 82.3 cm³/mol. The molecule has 0 amide bonds. The largest absolute Gasteiger partial charge is 0.416 e. The first kappa shape index (κ1) is 16.7. The number of rotatable bonds is 4. The number of benzene rings is 1. The molecular weight excluding hydrogens is 305 g/mol. The first-order valence-corrected chi connectivity index (χ1v) is 8.24. The van der Waals surface area contributed by atoms with Crippen molar-refractivity contribution in [1.82, 2.24) is 9.80 Å². The van der Waals surface area contributed by atoms with Crippen molar-refractivity contribution in [2.24, 2.45) is 0 Å². The van der Waals surface area contributed by atoms with Crippen LogP contribution in [0.25, 0.3) is 0 Å². The van der Waals surface area contributed by atoms with Gasteiger partial charge < -0.3 is 4.74 Å². The van der Waals surface area contributed by atoms with Gasteiger partial charge in [-0.3, -0.25) is 9.80 Å². The Labute approximate surface area is 135 Å². The quantitative estimate of drug-likeness (QED) is 0.845. The van der Waals surface area contributed by atoms with Gasteiger partial charge in [-0.2, -0.15) is 13.2 Å². The number of nitrogens with zero attached hydrogens (tertiary/aromatic N) is 2. The van der Waals surface area contributed by atoms with E-state index < -0.39 is 11.7 Å². The SMILES string of the molecule is FC(F)(F)c1cccc2c1CCN(CCCN1CCOCC1)C2. The molecule has 128 valence electrons. The first-order valence-electron chi connectivity index (χ1n) is 8.24. The van der Waals surface area contributed by atoms with Crippen LogP contribution in [-0.2, 0) is 23.9 Å². The summed E-state index contributed by atoms with van der Waals surface area (Å²) in [5.74, 6) is 0. The zero-order valence-electron chi connectivity index (χ0n) is 13.2. The fraction of sp³-hybridized carbons (Fsp3) is 0.647. The minimum atomic E-state index is -4.25. The van der Waals surface area contributed by atoms with Crippen LogP contribution >= 0.6 is 0 Å². The van der Waals surface area contributed by atoms with Crippen LogP contribution in [-0.4, -0.2) is 55.7 Å². The molecule has 2 aliphatic heterocycles. The second kappa shape index (κ2) is 7.20. The topological polar surface area (TPSA) is 15.7 Å². The Morgan fingerprint density at radius 2 is 1.74 bits per heavy atom. The maximum Gasteiger partial charge on any atom is 0.416 e. The lowest BCUT2D eigenvalue weighted by atomic mass is 9.94. The van der Waals surface area contributed by atoms with E-state index in [4.69, 9.17) is 4.74 Å². The second-order valence-electron chi connectivity index (χ2n) is 6.27. The van der Waals surface area contributed by atoms with Crippen molar-refractivity contribution in [2.75, 3.05) is 45.9 Å². The Morgan fingerprint density at radius 3 is 2.48 bits per heavy atom. The van der Waals surface area contributed by atoms with E-state index in [1.807, 2.05) is 6.07 Å². The summed E-state index contributed by atoms with van der Waals surface area (Å²) in [6.45, 7) is 6.89. The van der Waals surface area contributed by atoms with Crippen LogP contribution in [0, 0.1) is 0 Å². The number of ether oxygens (including phenoxy) is 1. The highest BCUT2D eigenvalue weighted by Crippen LogP contribution is 2.35. The molecule has 0 bridgehead atoms. The van der Waals surface area contributed by atoms with Gasteiger partial charge in [-0.05, 0) is 43.1 Å². The molecule has 3 nitrogen and oxygen atoms in total. The van der Waals surface area contributed by atoms with E-state index in [2.05, 4.69) is 9.80 Å². The number of alkyl halides is 3. The van der Waals surface area contributed by atoms with Gasteiger partial charge in [0.15, 0.2) is 0 Å². The number of halogens is 3. The average Bonchev–Trinajstić information content (AvgIpc) is 2.54. The highest BCUT2D eigenvalue weighted by molar-refractivity contribution is 5.38. The third-order valence-electron chi connectivity index (χ3n) is 4.70. The normalized spacial score (nSPS) is 20.5. The highest BCUT2D eigenvalue weighted by atomic mass is 19.4. The third-order valence-corrected chi connectivity index (χ3v) is 4.70. The number of morpholine rings is 1. The highest BCUT2D eigenvalue weighted by Gasteiger charge is 2.35. The predicted octanol–water partition coefficient (Wildman–Crippen LogP) is 2.79. The van der Waals surface area contributed by atoms with Gasteiger partial charge >= 0.3 is 6.18 Å². The molecule has 0 aliphatic carbocycles. The minimum absolute atomic E-state index is 0.456. The molecule has 2 aliphatic rings. The Kier molecular flexibility index (Phi) is 5.24. The van der Waals surface area contributed by atoms with Crippen molar-refractivity contribution >= 4 is 0 Å². The van der Waals surface area contributed by atoms with Crippen LogP contribution in [0.3, 0.4) is 0 Å². The Morgan fingerprint density at radius 1 is 1.00 bits per heavy atom. The van der Waals surface area contributed by atoms with Crippen molar-refractivity contribution in [2.45, 2.75) is 25.6 Å². The molecular formula is C17H23F3N2O. The maximum absolute atomic E-state index is 13.1. The summed E-state index contributed by atoms with van der Waals surface area (Å²) in [7, 11) is 0. The number of fused-ring (bicyclic) bond motifs is 1. The van der Waals surface area contributed by atoms with Gasteiger partial charge in [0.2, 0.25) is 0 Å². The smallest absolute Gasteiger partial charge is 0.379 e. The lowest BCUT2D eigenvalue weighted by molar-refractivity contribution is -0.138. The molecule has 1 aromatic carbocycles. The molecule has 0 atom stereocenters. The molecule has 0 radical (unpaired) electrons. The van der Waals surface area contributed by atoms with E-state index in [0.29, 0.717) is 25.1 Å². The van der Waals surface area contributed by atoms with E-state index in [1.165, 1.54) is 12.1 Å². The van der Waals surface area contributed by atoms with Crippen molar-refractivity contribution < 1.29 is 17.9 Å². The molecule has 6 heteroatoms. The number of hydrogen-bond donors (Lipinski definition) is 0. The average molecular weight is 328 g/mol. The Hall–Kier alpha value is -1.11. The molecule has 2 heterocycles. The van der Waals surface area contributed by atoms with Crippen LogP contribution in [0.4, 0.5) is 13.2 Å². The van der Waals surface area contributed by atoms with Crippen LogP contribution in [0.15, 0.2) is 18.2 Å². The molecule has 1 saturated heterocycles. The molecule has 1 fully saturated rings. The van der Waals surface area contributed by atoms with Crippen LogP contribution < -0.4 is 0 Å². The van der Waals surface area contributed by atoms with Crippen LogP contribution in [0.2, 0.25) is 0 Å². The monoisotopic (exact) mass is 328 g/mol. The van der Waals surface area contributed by atoms with Crippen molar-refractivity contribution in [3.63, 3.8) is 0 Å². The molecule has 0 aromatic heterocycles. The zero-order chi connectivity index (χ0) is 16.3. The van der Waals surface area contributed by atoms with E-state index in [-0.39, 0.29) is 0 Å². The summed E-state index contributed by atoms with van der Waals surface area (Å²) < 4.78 is 44.5. The third kappa shape index (κ3) is 4.25. The standard InChI is InChI=1S/C17H23F3N2O/c18-17(19,20)16-4-1-3-14-13-22(8-5-15(14)16)7-2-6-21-9-11-23-12-10-21/h1,3-4H,2,5-13H2. The van der Waals surface area contributed by atoms with Crippen molar-refractivity contribution in [3.8, 4) is 0 Å². The summed E-state index contributed by atoms with van der Waals surface area (Å²) >= 11 is 0. The van der Waals surface area contributed by atoms with Gasteiger partial charge in [0, 0.05) is 26.2 Å². The van der Waals surface area contributed by atoms with E-state index in [9.17, 15) is 13.2 Å². The van der Waals surface area contributed by atoms with Crippen LogP contribution in [0.5, 0.6) is 0 Å². The molecule has 1 aromatic rings. The van der Waals surface area contributed by atoms with Gasteiger partial charge in [0.1, 0.15) is 0 Å². The summed E-state index contributed by atoms with van der Waals surface area (Å²) in [5, 5.41) is 0. The van der Waals surface area contributed by atoms with Gasteiger partial charge in [0.05, 0.1) is 18.8 Å². The fourth-order valence-corrected chi connectivity index (χ4v) is 3.47. The van der Waals surface area contributed by atoms with Gasteiger partial charge in [-0.1, -0.05) is 12.1 Å². The molecule has 0 N–H and O–H groups in total. The minimum Gasteiger partial charge on any atom is -0.379 e. The molecule has 23 heavy (non-hydrogen) atoms. The van der Waals surface area contributed by atoms with Gasteiger partial charge in [-0.25, -0.2) is 0 Å². The lowest BCUT2D eigenvalue weighted by Gasteiger charge is -2.32. The van der Waals surface area contributed by atoms with Crippen molar-refractivity contribution in [1.29, 1.82) is 0 Å². The fourth-order valence-electron chi connectivity index (χ4n) is 3.47. The zero-order valence-corrected chi connectivity index (χ0v) is 13.2. The lowest BCUT2D eigenvalue weighted by Crippen LogP contribution is -2.39. The summed E-state index contributed by atoms with van der Waals surface area (Å²) in [6, 6.07) is 4.56. The molecule has 0 unspecified atom stereocenters. The second-order valence-corrected chi connectivity index (χ2v) is 6.27. The maximum atomic E-state index is 13.1. The van der Waals surface area contributed by atoms with E-state index >= 15 is 0 Å². The summed E-state index contributed by atoms with van der Waals surface area (Å²) in [5.41, 5.74) is 0.866. The van der Waals surface area contributed by atoms with Gasteiger partial charge in [0.25, 0.3) is 0 Å². The van der Waals surface area contributed by atoms with Gasteiger partial charge in [-0.15, -0.1) is 0 Å². The van der Waals surface area contributed by atoms with Crippen molar-refractivity contribution in [3.05, 3.63) is 34.9 Å². The molecule has 3 rings (SSSR count). The molecule has 0 saturated carbocycles. The summed E-state index contributed by atoms with van der Waals surface area (Å²) in [6.07, 6.45) is -2.71. The first-order chi connectivity index (χ1) is 11.0. The Bertz CT molecular complexity index is 527. The molecule has 0 spiro atoms.